The zero-order valence-electron chi connectivity index (χ0n) is 12.3. The number of hydrogen-bond acceptors (Lipinski definition) is 3. The van der Waals surface area contributed by atoms with Gasteiger partial charge in [0.2, 0.25) is 0 Å². The van der Waals surface area contributed by atoms with E-state index in [1.807, 2.05) is 24.3 Å². The molecule has 0 unspecified atom stereocenters. The minimum atomic E-state index is -3.65. The van der Waals surface area contributed by atoms with Gasteiger partial charge in [0.05, 0.1) is 4.90 Å². The van der Waals surface area contributed by atoms with Gasteiger partial charge in [-0.15, -0.1) is 0 Å². The Morgan fingerprint density at radius 1 is 0.957 bits per heavy atom. The summed E-state index contributed by atoms with van der Waals surface area (Å²) >= 11 is 0. The third kappa shape index (κ3) is 2.21. The van der Waals surface area contributed by atoms with Gasteiger partial charge >= 0.3 is 0 Å². The van der Waals surface area contributed by atoms with E-state index in [-0.39, 0.29) is 4.90 Å². The monoisotopic (exact) mass is 322 g/mol. The number of nitrogens with zero attached hydrogens (tertiary/aromatic N) is 2. The highest BCUT2D eigenvalue weighted by molar-refractivity contribution is 7.90. The number of rotatable bonds is 3. The molecule has 0 aliphatic heterocycles. The molecule has 1 aliphatic rings. The number of imidazole rings is 1. The molecule has 0 fully saturated rings. The number of allylic oxidation sites excluding steroid dienone is 1. The molecule has 2 aromatic carbocycles. The largest absolute Gasteiger partial charge is 0.269 e. The molecule has 4 nitrogen and oxygen atoms in total. The molecule has 114 valence electrons. The predicted molar refractivity (Wildman–Crippen MR) is 88.5 cm³/mol. The zero-order valence-corrected chi connectivity index (χ0v) is 13.1. The van der Waals surface area contributed by atoms with Gasteiger partial charge in [-0.2, -0.15) is 0 Å². The molecule has 1 aromatic heterocycles. The lowest BCUT2D eigenvalue weighted by molar-refractivity contribution is 0.586. The normalized spacial score (nSPS) is 13.7. The molecule has 0 bridgehead atoms. The summed E-state index contributed by atoms with van der Waals surface area (Å²) < 4.78 is 27.0. The Bertz CT molecular complexity index is 1000. The number of benzene rings is 2. The molecule has 0 N–H and O–H groups in total. The van der Waals surface area contributed by atoms with Crippen LogP contribution in [0.1, 0.15) is 17.0 Å². The molecular weight excluding hydrogens is 308 g/mol. The summed E-state index contributed by atoms with van der Waals surface area (Å²) in [7, 11) is -3.65. The fourth-order valence-corrected chi connectivity index (χ4v) is 4.19. The SMILES string of the molecule is O=S(=O)(c1ccccc1)n1ccnc1C1=CCc2ccccc21. The topological polar surface area (TPSA) is 52.0 Å². The van der Waals surface area contributed by atoms with Crippen molar-refractivity contribution in [3.8, 4) is 0 Å². The van der Waals surface area contributed by atoms with Gasteiger partial charge in [0.25, 0.3) is 10.0 Å². The standard InChI is InChI=1S/C18H14N2O2S/c21-23(22,15-7-2-1-3-8-15)20-13-12-19-18(20)17-11-10-14-6-4-5-9-16(14)17/h1-9,11-13H,10H2. The second-order valence-corrected chi connectivity index (χ2v) is 7.16. The molecule has 0 amide bonds. The predicted octanol–water partition coefficient (Wildman–Crippen LogP) is 3.11. The van der Waals surface area contributed by atoms with Crippen molar-refractivity contribution in [3.05, 3.63) is 90.0 Å². The van der Waals surface area contributed by atoms with Crippen LogP contribution in [0.3, 0.4) is 0 Å². The lowest BCUT2D eigenvalue weighted by Gasteiger charge is -2.11. The first kappa shape index (κ1) is 14.0. The zero-order chi connectivity index (χ0) is 15.9. The first-order valence-corrected chi connectivity index (χ1v) is 8.75. The summed E-state index contributed by atoms with van der Waals surface area (Å²) in [6, 6.07) is 16.4. The Morgan fingerprint density at radius 2 is 1.70 bits per heavy atom. The Balaban J connectivity index is 1.85. The maximum atomic E-state index is 12.9. The van der Waals surface area contributed by atoms with Crippen LogP contribution in [0, 0.1) is 0 Å². The van der Waals surface area contributed by atoms with E-state index in [0.29, 0.717) is 5.82 Å². The minimum Gasteiger partial charge on any atom is -0.236 e. The first-order chi connectivity index (χ1) is 11.2. The lowest BCUT2D eigenvalue weighted by atomic mass is 10.1. The number of hydrogen-bond donors (Lipinski definition) is 0. The summed E-state index contributed by atoms with van der Waals surface area (Å²) in [4.78, 5) is 4.56. The van der Waals surface area contributed by atoms with Crippen LogP contribution in [0.5, 0.6) is 0 Å². The molecule has 0 saturated carbocycles. The smallest absolute Gasteiger partial charge is 0.236 e. The van der Waals surface area contributed by atoms with E-state index in [2.05, 4.69) is 11.1 Å². The van der Waals surface area contributed by atoms with Gasteiger partial charge in [0.1, 0.15) is 0 Å². The Labute approximate surface area is 134 Å². The van der Waals surface area contributed by atoms with Crippen LogP contribution in [-0.2, 0) is 16.4 Å². The van der Waals surface area contributed by atoms with Crippen molar-refractivity contribution in [2.24, 2.45) is 0 Å². The van der Waals surface area contributed by atoms with Crippen LogP contribution in [0.2, 0.25) is 0 Å². The van der Waals surface area contributed by atoms with E-state index >= 15 is 0 Å². The second kappa shape index (κ2) is 5.21. The van der Waals surface area contributed by atoms with Gasteiger partial charge in [-0.05, 0) is 29.7 Å². The van der Waals surface area contributed by atoms with Crippen LogP contribution in [-0.4, -0.2) is 17.4 Å². The highest BCUT2D eigenvalue weighted by Crippen LogP contribution is 2.32. The fourth-order valence-electron chi connectivity index (χ4n) is 2.88. The summed E-state index contributed by atoms with van der Waals surface area (Å²) in [5.74, 6) is 0.457. The van der Waals surface area contributed by atoms with Crippen molar-refractivity contribution < 1.29 is 8.42 Å². The van der Waals surface area contributed by atoms with Gasteiger partial charge < -0.3 is 0 Å². The van der Waals surface area contributed by atoms with Crippen molar-refractivity contribution in [1.82, 2.24) is 8.96 Å². The highest BCUT2D eigenvalue weighted by atomic mass is 32.2. The molecule has 3 aromatic rings. The molecule has 0 atom stereocenters. The Kier molecular flexibility index (Phi) is 3.16. The van der Waals surface area contributed by atoms with E-state index in [4.69, 9.17) is 0 Å². The van der Waals surface area contributed by atoms with Crippen molar-refractivity contribution in [2.45, 2.75) is 11.3 Å². The highest BCUT2D eigenvalue weighted by Gasteiger charge is 2.25. The van der Waals surface area contributed by atoms with E-state index in [1.165, 1.54) is 21.9 Å². The van der Waals surface area contributed by atoms with Crippen LogP contribution < -0.4 is 0 Å². The molecule has 1 heterocycles. The molecular formula is C18H14N2O2S. The summed E-state index contributed by atoms with van der Waals surface area (Å²) in [5.41, 5.74) is 3.10. The molecule has 4 rings (SSSR count). The third-order valence-electron chi connectivity index (χ3n) is 3.98. The summed E-state index contributed by atoms with van der Waals surface area (Å²) in [5, 5.41) is 0. The van der Waals surface area contributed by atoms with Crippen LogP contribution >= 0.6 is 0 Å². The molecule has 0 saturated heterocycles. The Hall–Kier alpha value is -2.66. The summed E-state index contributed by atoms with van der Waals surface area (Å²) in [6.07, 6.45) is 5.85. The number of aromatic nitrogens is 2. The second-order valence-electron chi connectivity index (χ2n) is 5.34. The lowest BCUT2D eigenvalue weighted by Crippen LogP contribution is -2.15. The van der Waals surface area contributed by atoms with Crippen molar-refractivity contribution in [1.29, 1.82) is 0 Å². The summed E-state index contributed by atoms with van der Waals surface area (Å²) in [6.45, 7) is 0. The minimum absolute atomic E-state index is 0.256. The van der Waals surface area contributed by atoms with Crippen LogP contribution in [0.15, 0.2) is 78.0 Å². The maximum Gasteiger partial charge on any atom is 0.269 e. The fraction of sp³-hybridized carbons (Fsp3) is 0.0556. The van der Waals surface area contributed by atoms with Crippen molar-refractivity contribution in [3.63, 3.8) is 0 Å². The third-order valence-corrected chi connectivity index (χ3v) is 5.66. The van der Waals surface area contributed by atoms with Crippen LogP contribution in [0.25, 0.3) is 5.57 Å². The van der Waals surface area contributed by atoms with E-state index in [1.54, 1.807) is 30.3 Å². The Morgan fingerprint density at radius 3 is 2.52 bits per heavy atom. The van der Waals surface area contributed by atoms with Gasteiger partial charge in [0.15, 0.2) is 5.82 Å². The van der Waals surface area contributed by atoms with Gasteiger partial charge in [0, 0.05) is 18.0 Å². The van der Waals surface area contributed by atoms with Crippen LogP contribution in [0.4, 0.5) is 0 Å². The number of fused-ring (bicyclic) bond motifs is 1. The quantitative estimate of drug-likeness (QED) is 0.744. The molecule has 0 spiro atoms. The van der Waals surface area contributed by atoms with Crippen molar-refractivity contribution >= 4 is 15.6 Å². The van der Waals surface area contributed by atoms with E-state index in [9.17, 15) is 8.42 Å². The van der Waals surface area contributed by atoms with E-state index < -0.39 is 10.0 Å². The average molecular weight is 322 g/mol. The van der Waals surface area contributed by atoms with Gasteiger partial charge in [-0.25, -0.2) is 17.4 Å². The van der Waals surface area contributed by atoms with E-state index in [0.717, 1.165) is 17.6 Å². The molecule has 1 aliphatic carbocycles. The molecule has 0 radical (unpaired) electrons. The molecule has 23 heavy (non-hydrogen) atoms. The van der Waals surface area contributed by atoms with Gasteiger partial charge in [-0.3, -0.25) is 0 Å². The first-order valence-electron chi connectivity index (χ1n) is 7.31. The maximum absolute atomic E-state index is 12.9. The molecule has 5 heteroatoms. The van der Waals surface area contributed by atoms with Crippen molar-refractivity contribution in [2.75, 3.05) is 0 Å². The average Bonchev–Trinajstić information content (AvgIpc) is 3.22. The van der Waals surface area contributed by atoms with Gasteiger partial charge in [-0.1, -0.05) is 48.5 Å².